The van der Waals surface area contributed by atoms with Crippen LogP contribution in [0.1, 0.15) is 26.2 Å². The smallest absolute Gasteiger partial charge is 0.236 e. The monoisotopic (exact) mass is 327 g/mol. The summed E-state index contributed by atoms with van der Waals surface area (Å²) in [4.78, 5) is 16.4. The second-order valence-corrected chi connectivity index (χ2v) is 7.33. The van der Waals surface area contributed by atoms with E-state index in [1.165, 1.54) is 0 Å². The number of piperidine rings is 1. The maximum absolute atomic E-state index is 12.3. The molecule has 0 aliphatic carbocycles. The lowest BCUT2D eigenvalue weighted by molar-refractivity contribution is -0.246. The fraction of sp³-hybridized carbons (Fsp3) is 0.938. The lowest BCUT2D eigenvalue weighted by Crippen LogP contribution is -2.64. The lowest BCUT2D eigenvalue weighted by atomic mass is 9.75. The number of rotatable bonds is 2. The molecule has 1 spiro atoms. The van der Waals surface area contributed by atoms with E-state index in [0.29, 0.717) is 45.5 Å². The molecule has 132 valence electrons. The normalized spacial score (nSPS) is 35.4. The third kappa shape index (κ3) is 3.53. The molecule has 3 fully saturated rings. The maximum atomic E-state index is 12.3. The Morgan fingerprint density at radius 1 is 1.22 bits per heavy atom. The van der Waals surface area contributed by atoms with Gasteiger partial charge in [-0.25, -0.2) is 0 Å². The Bertz CT molecular complexity index is 429. The van der Waals surface area contributed by atoms with E-state index >= 15 is 0 Å². The van der Waals surface area contributed by atoms with Crippen molar-refractivity contribution in [1.82, 2.24) is 15.1 Å². The first kappa shape index (κ1) is 17.1. The molecular weight excluding hydrogens is 298 g/mol. The predicted molar refractivity (Wildman–Crippen MR) is 85.1 cm³/mol. The molecule has 0 aromatic carbocycles. The van der Waals surface area contributed by atoms with Crippen molar-refractivity contribution in [2.75, 3.05) is 52.4 Å². The summed E-state index contributed by atoms with van der Waals surface area (Å²) in [5.74, 6) is 0.180. The highest BCUT2D eigenvalue weighted by Gasteiger charge is 2.52. The van der Waals surface area contributed by atoms with Crippen LogP contribution in [-0.4, -0.2) is 95.6 Å². The number of carbonyl (C=O) groups is 1. The molecule has 3 heterocycles. The first-order valence-electron chi connectivity index (χ1n) is 8.68. The Morgan fingerprint density at radius 3 is 2.52 bits per heavy atom. The van der Waals surface area contributed by atoms with Gasteiger partial charge in [0.25, 0.3) is 0 Å². The maximum Gasteiger partial charge on any atom is 0.236 e. The lowest BCUT2D eigenvalue weighted by Gasteiger charge is -2.51. The van der Waals surface area contributed by atoms with Crippen molar-refractivity contribution in [3.63, 3.8) is 0 Å². The second-order valence-electron chi connectivity index (χ2n) is 7.33. The number of amides is 1. The number of aliphatic hydroxyl groups is 2. The van der Waals surface area contributed by atoms with E-state index in [0.717, 1.165) is 26.2 Å². The highest BCUT2D eigenvalue weighted by molar-refractivity contribution is 5.78. The van der Waals surface area contributed by atoms with Crippen molar-refractivity contribution in [2.45, 2.75) is 43.5 Å². The minimum atomic E-state index is -1.09. The second kappa shape index (κ2) is 6.64. The number of carbonyl (C=O) groups excluding carboxylic acids is 1. The summed E-state index contributed by atoms with van der Waals surface area (Å²) in [5, 5.41) is 24.1. The van der Waals surface area contributed by atoms with Gasteiger partial charge in [0.1, 0.15) is 6.10 Å². The number of nitrogens with one attached hydrogen (secondary N) is 1. The van der Waals surface area contributed by atoms with Crippen LogP contribution >= 0.6 is 0 Å². The van der Waals surface area contributed by atoms with Crippen LogP contribution in [0.2, 0.25) is 0 Å². The molecule has 0 aromatic heterocycles. The molecule has 0 saturated carbocycles. The van der Waals surface area contributed by atoms with Crippen LogP contribution in [-0.2, 0) is 9.53 Å². The number of ether oxygens (including phenoxy) is 1. The average molecular weight is 327 g/mol. The van der Waals surface area contributed by atoms with E-state index in [4.69, 9.17) is 4.74 Å². The van der Waals surface area contributed by atoms with Crippen LogP contribution in [0.15, 0.2) is 0 Å². The SMILES string of the molecule is C[C@@]1(O)CCOC2(CCN(CC(=O)N3CCNCC3)CC2)[C@H]1O. The predicted octanol–water partition coefficient (Wildman–Crippen LogP) is -1.21. The number of hydrogen-bond donors (Lipinski definition) is 3. The average Bonchev–Trinajstić information content (AvgIpc) is 2.55. The Labute approximate surface area is 137 Å². The van der Waals surface area contributed by atoms with Crippen LogP contribution in [0.25, 0.3) is 0 Å². The number of nitrogens with zero attached hydrogens (tertiary/aromatic N) is 2. The van der Waals surface area contributed by atoms with Gasteiger partial charge in [-0.3, -0.25) is 9.69 Å². The molecule has 3 N–H and O–H groups in total. The standard InChI is InChI=1S/C16H29N3O4/c1-15(22)4-11-23-16(14(15)21)2-7-18(8-3-16)12-13(20)19-9-5-17-6-10-19/h14,17,21-22H,2-12H2,1H3/t14-,15+/m0/s1. The Hall–Kier alpha value is -0.730. The van der Waals surface area contributed by atoms with Crippen molar-refractivity contribution >= 4 is 5.91 Å². The highest BCUT2D eigenvalue weighted by atomic mass is 16.5. The van der Waals surface area contributed by atoms with Gasteiger partial charge in [-0.05, 0) is 19.8 Å². The molecule has 0 aromatic rings. The summed E-state index contributed by atoms with van der Waals surface area (Å²) in [6.45, 7) is 7.31. The van der Waals surface area contributed by atoms with E-state index in [1.807, 2.05) is 4.90 Å². The molecular formula is C16H29N3O4. The molecule has 3 aliphatic heterocycles. The molecule has 0 unspecified atom stereocenters. The van der Waals surface area contributed by atoms with Gasteiger partial charge in [-0.2, -0.15) is 0 Å². The quantitative estimate of drug-likeness (QED) is 0.590. The van der Waals surface area contributed by atoms with Crippen LogP contribution in [0.4, 0.5) is 0 Å². The highest BCUT2D eigenvalue weighted by Crippen LogP contribution is 2.39. The summed E-state index contributed by atoms with van der Waals surface area (Å²) >= 11 is 0. The van der Waals surface area contributed by atoms with Gasteiger partial charge in [0.05, 0.1) is 24.4 Å². The minimum Gasteiger partial charge on any atom is -0.387 e. The van der Waals surface area contributed by atoms with Gasteiger partial charge >= 0.3 is 0 Å². The van der Waals surface area contributed by atoms with E-state index < -0.39 is 17.3 Å². The zero-order chi connectivity index (χ0) is 16.5. The van der Waals surface area contributed by atoms with Crippen LogP contribution in [0, 0.1) is 0 Å². The van der Waals surface area contributed by atoms with E-state index in [9.17, 15) is 15.0 Å². The third-order valence-electron chi connectivity index (χ3n) is 5.62. The minimum absolute atomic E-state index is 0.180. The molecule has 3 rings (SSSR count). The van der Waals surface area contributed by atoms with Gasteiger partial charge in [0.2, 0.25) is 5.91 Å². The van der Waals surface area contributed by atoms with Crippen molar-refractivity contribution in [2.24, 2.45) is 0 Å². The Balaban J connectivity index is 1.53. The summed E-state index contributed by atoms with van der Waals surface area (Å²) in [7, 11) is 0. The molecule has 3 saturated heterocycles. The van der Waals surface area contributed by atoms with Crippen molar-refractivity contribution in [3.8, 4) is 0 Å². The summed E-state index contributed by atoms with van der Waals surface area (Å²) in [5.41, 5.74) is -1.74. The zero-order valence-corrected chi connectivity index (χ0v) is 14.0. The number of piperazine rings is 1. The summed E-state index contributed by atoms with van der Waals surface area (Å²) in [6, 6.07) is 0. The van der Waals surface area contributed by atoms with Gasteiger partial charge in [-0.1, -0.05) is 0 Å². The third-order valence-corrected chi connectivity index (χ3v) is 5.62. The number of likely N-dealkylation sites (tertiary alicyclic amines) is 1. The molecule has 0 bridgehead atoms. The topological polar surface area (TPSA) is 85.3 Å². The fourth-order valence-corrected chi connectivity index (χ4v) is 3.96. The van der Waals surface area contributed by atoms with Gasteiger partial charge < -0.3 is 25.2 Å². The molecule has 2 atom stereocenters. The van der Waals surface area contributed by atoms with Gasteiger partial charge in [0, 0.05) is 45.7 Å². The molecule has 3 aliphatic rings. The van der Waals surface area contributed by atoms with E-state index in [1.54, 1.807) is 6.92 Å². The molecule has 23 heavy (non-hydrogen) atoms. The summed E-state index contributed by atoms with van der Waals surface area (Å²) in [6.07, 6.45) is 0.897. The van der Waals surface area contributed by atoms with E-state index in [2.05, 4.69) is 10.2 Å². The van der Waals surface area contributed by atoms with Crippen LogP contribution in [0.5, 0.6) is 0 Å². The van der Waals surface area contributed by atoms with E-state index in [-0.39, 0.29) is 5.91 Å². The fourth-order valence-electron chi connectivity index (χ4n) is 3.96. The molecule has 1 amide bonds. The molecule has 7 heteroatoms. The summed E-state index contributed by atoms with van der Waals surface area (Å²) < 4.78 is 5.88. The first-order chi connectivity index (χ1) is 10.9. The molecule has 0 radical (unpaired) electrons. The number of aliphatic hydroxyl groups excluding tert-OH is 1. The largest absolute Gasteiger partial charge is 0.387 e. The zero-order valence-electron chi connectivity index (χ0n) is 14.0. The Morgan fingerprint density at radius 2 is 1.87 bits per heavy atom. The van der Waals surface area contributed by atoms with Crippen LogP contribution in [0.3, 0.4) is 0 Å². The van der Waals surface area contributed by atoms with Crippen molar-refractivity contribution < 1.29 is 19.7 Å². The van der Waals surface area contributed by atoms with Gasteiger partial charge in [0.15, 0.2) is 0 Å². The van der Waals surface area contributed by atoms with Crippen molar-refractivity contribution in [3.05, 3.63) is 0 Å². The Kier molecular flexibility index (Phi) is 4.94. The van der Waals surface area contributed by atoms with Crippen molar-refractivity contribution in [1.29, 1.82) is 0 Å². The molecule has 7 nitrogen and oxygen atoms in total. The first-order valence-corrected chi connectivity index (χ1v) is 8.68. The number of hydrogen-bond acceptors (Lipinski definition) is 6. The van der Waals surface area contributed by atoms with Crippen LogP contribution < -0.4 is 5.32 Å². The van der Waals surface area contributed by atoms with Gasteiger partial charge in [-0.15, -0.1) is 0 Å².